The lowest BCUT2D eigenvalue weighted by Crippen LogP contribution is -2.24. The van der Waals surface area contributed by atoms with Crippen LogP contribution in [-0.2, 0) is 6.54 Å². The van der Waals surface area contributed by atoms with Gasteiger partial charge in [-0.05, 0) is 42.4 Å². The Bertz CT molecular complexity index is 692. The SMILES string of the molecule is COc1cc(CN(C)CC(O)c2ccc(C#N)cc2)ccc1O. The van der Waals surface area contributed by atoms with Gasteiger partial charge < -0.3 is 14.9 Å². The summed E-state index contributed by atoms with van der Waals surface area (Å²) in [5, 5.41) is 28.7. The number of benzene rings is 2. The van der Waals surface area contributed by atoms with Crippen molar-refractivity contribution in [2.75, 3.05) is 20.7 Å². The van der Waals surface area contributed by atoms with Gasteiger partial charge in [0.1, 0.15) is 0 Å². The quantitative estimate of drug-likeness (QED) is 0.857. The number of aliphatic hydroxyl groups excluding tert-OH is 1. The topological polar surface area (TPSA) is 76.7 Å². The molecule has 0 saturated carbocycles. The largest absolute Gasteiger partial charge is 0.504 e. The second-order valence-electron chi connectivity index (χ2n) is 5.45. The fourth-order valence-corrected chi connectivity index (χ4v) is 2.38. The molecule has 2 aromatic carbocycles. The van der Waals surface area contributed by atoms with Crippen LogP contribution in [0.25, 0.3) is 0 Å². The van der Waals surface area contributed by atoms with E-state index in [9.17, 15) is 10.2 Å². The van der Waals surface area contributed by atoms with Crippen LogP contribution in [0.3, 0.4) is 0 Å². The van der Waals surface area contributed by atoms with Gasteiger partial charge in [-0.25, -0.2) is 0 Å². The third kappa shape index (κ3) is 4.46. The van der Waals surface area contributed by atoms with E-state index in [0.29, 0.717) is 24.4 Å². The van der Waals surface area contributed by atoms with Crippen LogP contribution >= 0.6 is 0 Å². The molecule has 0 aromatic heterocycles. The van der Waals surface area contributed by atoms with E-state index in [0.717, 1.165) is 11.1 Å². The van der Waals surface area contributed by atoms with Crippen LogP contribution in [0.5, 0.6) is 11.5 Å². The Morgan fingerprint density at radius 3 is 2.52 bits per heavy atom. The zero-order chi connectivity index (χ0) is 16.8. The number of phenols is 1. The molecule has 0 aliphatic heterocycles. The van der Waals surface area contributed by atoms with Crippen molar-refractivity contribution in [2.45, 2.75) is 12.6 Å². The summed E-state index contributed by atoms with van der Waals surface area (Å²) in [5.41, 5.74) is 2.33. The maximum atomic E-state index is 10.3. The molecule has 0 radical (unpaired) electrons. The number of likely N-dealkylation sites (N-methyl/N-ethyl adjacent to an activating group) is 1. The molecule has 0 fully saturated rings. The van der Waals surface area contributed by atoms with Crippen LogP contribution in [0, 0.1) is 11.3 Å². The first-order valence-electron chi connectivity index (χ1n) is 7.26. The van der Waals surface area contributed by atoms with Gasteiger partial charge in [0.05, 0.1) is 24.8 Å². The van der Waals surface area contributed by atoms with Crippen LogP contribution in [0.2, 0.25) is 0 Å². The fraction of sp³-hybridized carbons (Fsp3) is 0.278. The third-order valence-corrected chi connectivity index (χ3v) is 3.61. The van der Waals surface area contributed by atoms with Crippen LogP contribution in [0.1, 0.15) is 22.8 Å². The molecular weight excluding hydrogens is 292 g/mol. The lowest BCUT2D eigenvalue weighted by atomic mass is 10.1. The highest BCUT2D eigenvalue weighted by Crippen LogP contribution is 2.27. The normalized spacial score (nSPS) is 12.0. The Morgan fingerprint density at radius 2 is 1.91 bits per heavy atom. The van der Waals surface area contributed by atoms with E-state index in [1.807, 2.05) is 18.0 Å². The Kier molecular flexibility index (Phi) is 5.58. The fourth-order valence-electron chi connectivity index (χ4n) is 2.38. The number of hydrogen-bond donors (Lipinski definition) is 2. The molecule has 2 aromatic rings. The highest BCUT2D eigenvalue weighted by molar-refractivity contribution is 5.41. The van der Waals surface area contributed by atoms with Crippen molar-refractivity contribution in [1.29, 1.82) is 5.26 Å². The molecule has 2 N–H and O–H groups in total. The molecule has 5 heteroatoms. The Balaban J connectivity index is 1.98. The summed E-state index contributed by atoms with van der Waals surface area (Å²) in [4.78, 5) is 1.98. The third-order valence-electron chi connectivity index (χ3n) is 3.61. The molecule has 0 aliphatic rings. The van der Waals surface area contributed by atoms with Crippen molar-refractivity contribution in [1.82, 2.24) is 4.90 Å². The molecule has 0 amide bonds. The minimum absolute atomic E-state index is 0.108. The average Bonchev–Trinajstić information content (AvgIpc) is 2.56. The summed E-state index contributed by atoms with van der Waals surface area (Å²) < 4.78 is 5.10. The molecule has 23 heavy (non-hydrogen) atoms. The number of nitrogens with zero attached hydrogens (tertiary/aromatic N) is 2. The summed E-state index contributed by atoms with van der Waals surface area (Å²) in [6.07, 6.45) is -0.633. The van der Waals surface area contributed by atoms with Gasteiger partial charge in [-0.2, -0.15) is 5.26 Å². The molecule has 1 unspecified atom stereocenters. The number of ether oxygens (including phenoxy) is 1. The first kappa shape index (κ1) is 16.8. The summed E-state index contributed by atoms with van der Waals surface area (Å²) in [6.45, 7) is 1.07. The predicted octanol–water partition coefficient (Wildman–Crippen LogP) is 2.44. The van der Waals surface area contributed by atoms with Gasteiger partial charge in [-0.15, -0.1) is 0 Å². The first-order valence-corrected chi connectivity index (χ1v) is 7.26. The van der Waals surface area contributed by atoms with E-state index >= 15 is 0 Å². The second-order valence-corrected chi connectivity index (χ2v) is 5.45. The average molecular weight is 312 g/mol. The number of hydrogen-bond acceptors (Lipinski definition) is 5. The highest BCUT2D eigenvalue weighted by Gasteiger charge is 2.12. The smallest absolute Gasteiger partial charge is 0.160 e. The highest BCUT2D eigenvalue weighted by atomic mass is 16.5. The van der Waals surface area contributed by atoms with Crippen molar-refractivity contribution in [3.8, 4) is 17.6 Å². The Hall–Kier alpha value is -2.55. The molecule has 120 valence electrons. The first-order chi connectivity index (χ1) is 11.0. The molecular formula is C18H20N2O3. The van der Waals surface area contributed by atoms with Gasteiger partial charge in [0.15, 0.2) is 11.5 Å². The van der Waals surface area contributed by atoms with E-state index in [-0.39, 0.29) is 5.75 Å². The summed E-state index contributed by atoms with van der Waals surface area (Å²) >= 11 is 0. The standard InChI is InChI=1S/C18H20N2O3/c1-20(11-14-5-8-16(21)18(9-14)23-2)12-17(22)15-6-3-13(10-19)4-7-15/h3-9,17,21-22H,11-12H2,1-2H3. The van der Waals surface area contributed by atoms with Crippen molar-refractivity contribution < 1.29 is 14.9 Å². The van der Waals surface area contributed by atoms with Crippen molar-refractivity contribution in [2.24, 2.45) is 0 Å². The molecule has 0 saturated heterocycles. The zero-order valence-corrected chi connectivity index (χ0v) is 13.2. The van der Waals surface area contributed by atoms with Crippen molar-refractivity contribution in [3.05, 3.63) is 59.2 Å². The maximum absolute atomic E-state index is 10.3. The van der Waals surface area contributed by atoms with E-state index in [1.54, 1.807) is 36.4 Å². The van der Waals surface area contributed by atoms with Crippen LogP contribution in [0.4, 0.5) is 0 Å². The maximum Gasteiger partial charge on any atom is 0.160 e. The number of nitriles is 1. The van der Waals surface area contributed by atoms with E-state index in [2.05, 4.69) is 6.07 Å². The lowest BCUT2D eigenvalue weighted by molar-refractivity contribution is 0.124. The number of rotatable bonds is 6. The van der Waals surface area contributed by atoms with Crippen LogP contribution in [0.15, 0.2) is 42.5 Å². The Morgan fingerprint density at radius 1 is 1.22 bits per heavy atom. The molecule has 0 heterocycles. The summed E-state index contributed by atoms with van der Waals surface area (Å²) in [5.74, 6) is 0.542. The van der Waals surface area contributed by atoms with Crippen molar-refractivity contribution >= 4 is 0 Å². The minimum Gasteiger partial charge on any atom is -0.504 e. The predicted molar refractivity (Wildman–Crippen MR) is 87.1 cm³/mol. The molecule has 0 bridgehead atoms. The number of aromatic hydroxyl groups is 1. The molecule has 5 nitrogen and oxygen atoms in total. The van der Waals surface area contributed by atoms with Gasteiger partial charge in [-0.1, -0.05) is 18.2 Å². The van der Waals surface area contributed by atoms with Gasteiger partial charge in [0.2, 0.25) is 0 Å². The minimum atomic E-state index is -0.633. The molecule has 1 atom stereocenters. The second kappa shape index (κ2) is 7.63. The number of phenolic OH excluding ortho intramolecular Hbond substituents is 1. The summed E-state index contributed by atoms with van der Waals surface area (Å²) in [6, 6.07) is 14.2. The number of methoxy groups -OCH3 is 1. The van der Waals surface area contributed by atoms with E-state index < -0.39 is 6.10 Å². The molecule has 0 aliphatic carbocycles. The lowest BCUT2D eigenvalue weighted by Gasteiger charge is -2.21. The van der Waals surface area contributed by atoms with Crippen molar-refractivity contribution in [3.63, 3.8) is 0 Å². The zero-order valence-electron chi connectivity index (χ0n) is 13.2. The summed E-state index contributed by atoms with van der Waals surface area (Å²) in [7, 11) is 3.42. The van der Waals surface area contributed by atoms with Gasteiger partial charge >= 0.3 is 0 Å². The monoisotopic (exact) mass is 312 g/mol. The van der Waals surface area contributed by atoms with E-state index in [1.165, 1.54) is 7.11 Å². The van der Waals surface area contributed by atoms with Crippen LogP contribution in [-0.4, -0.2) is 35.8 Å². The van der Waals surface area contributed by atoms with Gasteiger partial charge in [0.25, 0.3) is 0 Å². The van der Waals surface area contributed by atoms with Gasteiger partial charge in [0, 0.05) is 13.1 Å². The van der Waals surface area contributed by atoms with Gasteiger partial charge in [-0.3, -0.25) is 4.90 Å². The number of aliphatic hydroxyl groups is 1. The Labute approximate surface area is 136 Å². The van der Waals surface area contributed by atoms with E-state index in [4.69, 9.17) is 10.00 Å². The molecule has 2 rings (SSSR count). The van der Waals surface area contributed by atoms with Crippen LogP contribution < -0.4 is 4.74 Å². The molecule has 0 spiro atoms.